The Labute approximate surface area is 146 Å². The summed E-state index contributed by atoms with van der Waals surface area (Å²) in [4.78, 5) is 24.8. The normalized spacial score (nSPS) is 13.4. The highest BCUT2D eigenvalue weighted by Crippen LogP contribution is 2.30. The van der Waals surface area contributed by atoms with Gasteiger partial charge in [0.15, 0.2) is 0 Å². The molecule has 1 saturated carbocycles. The minimum absolute atomic E-state index is 0.0460. The maximum absolute atomic E-state index is 12.0. The van der Waals surface area contributed by atoms with Gasteiger partial charge in [0.1, 0.15) is 0 Å². The van der Waals surface area contributed by atoms with Crippen molar-refractivity contribution in [2.75, 3.05) is 16.4 Å². The number of anilines is 2. The van der Waals surface area contributed by atoms with Crippen molar-refractivity contribution < 1.29 is 9.59 Å². The van der Waals surface area contributed by atoms with Gasteiger partial charge in [0.2, 0.25) is 11.8 Å². The van der Waals surface area contributed by atoms with Crippen LogP contribution in [0.3, 0.4) is 0 Å². The molecule has 0 spiro atoms. The van der Waals surface area contributed by atoms with Gasteiger partial charge in [-0.1, -0.05) is 17.7 Å². The first-order valence-electron chi connectivity index (χ1n) is 8.00. The minimum Gasteiger partial charge on any atom is -0.326 e. The fourth-order valence-corrected chi connectivity index (χ4v) is 2.91. The first kappa shape index (κ1) is 16.6. The van der Waals surface area contributed by atoms with E-state index in [1.54, 1.807) is 12.1 Å². The summed E-state index contributed by atoms with van der Waals surface area (Å²) < 4.78 is 0. The van der Waals surface area contributed by atoms with E-state index in [0.717, 1.165) is 29.1 Å². The van der Waals surface area contributed by atoms with E-state index >= 15 is 0 Å². The van der Waals surface area contributed by atoms with Gasteiger partial charge >= 0.3 is 0 Å². The second-order valence-electron chi connectivity index (χ2n) is 5.99. The maximum atomic E-state index is 12.0. The molecule has 24 heavy (non-hydrogen) atoms. The van der Waals surface area contributed by atoms with Crippen LogP contribution in [-0.4, -0.2) is 17.6 Å². The van der Waals surface area contributed by atoms with Gasteiger partial charge in [-0.2, -0.15) is 0 Å². The molecule has 0 bridgehead atoms. The zero-order chi connectivity index (χ0) is 16.9. The van der Waals surface area contributed by atoms with E-state index in [-0.39, 0.29) is 17.7 Å². The standard InChI is InChI=1S/C19H20N2O2S/c1-13-2-10-17(11-3-13)24-12-18(22)20-15-6-8-16(9-7-15)21-19(23)14-4-5-14/h2-3,6-11,14H,4-5,12H2,1H3,(H,20,22)(H,21,23). The van der Waals surface area contributed by atoms with E-state index in [1.165, 1.54) is 17.3 Å². The van der Waals surface area contributed by atoms with Crippen molar-refractivity contribution in [3.63, 3.8) is 0 Å². The molecule has 2 amide bonds. The summed E-state index contributed by atoms with van der Waals surface area (Å²) in [5.41, 5.74) is 2.70. The third-order valence-corrected chi connectivity index (χ3v) is 4.79. The van der Waals surface area contributed by atoms with Crippen LogP contribution in [0.5, 0.6) is 0 Å². The molecule has 1 aliphatic rings. The molecule has 3 rings (SSSR count). The Morgan fingerprint density at radius 1 is 0.958 bits per heavy atom. The number of hydrogen-bond acceptors (Lipinski definition) is 3. The van der Waals surface area contributed by atoms with E-state index in [2.05, 4.69) is 10.6 Å². The average Bonchev–Trinajstić information content (AvgIpc) is 3.41. The van der Waals surface area contributed by atoms with E-state index in [0.29, 0.717) is 5.75 Å². The SMILES string of the molecule is Cc1ccc(SCC(=O)Nc2ccc(NC(=O)C3CC3)cc2)cc1. The molecule has 0 atom stereocenters. The lowest BCUT2D eigenvalue weighted by molar-refractivity contribution is -0.117. The van der Waals surface area contributed by atoms with E-state index < -0.39 is 0 Å². The summed E-state index contributed by atoms with van der Waals surface area (Å²) in [6, 6.07) is 15.3. The van der Waals surface area contributed by atoms with Gasteiger partial charge < -0.3 is 10.6 Å². The van der Waals surface area contributed by atoms with Crippen molar-refractivity contribution >= 4 is 35.0 Å². The van der Waals surface area contributed by atoms with Gasteiger partial charge in [-0.3, -0.25) is 9.59 Å². The minimum atomic E-state index is -0.0460. The molecule has 0 aliphatic heterocycles. The van der Waals surface area contributed by atoms with Crippen molar-refractivity contribution in [3.05, 3.63) is 54.1 Å². The second kappa shape index (κ2) is 7.53. The molecule has 0 unspecified atom stereocenters. The average molecular weight is 340 g/mol. The predicted octanol–water partition coefficient (Wildman–Crippen LogP) is 4.07. The Balaban J connectivity index is 1.47. The lowest BCUT2D eigenvalue weighted by Gasteiger charge is -2.08. The molecule has 4 nitrogen and oxygen atoms in total. The monoisotopic (exact) mass is 340 g/mol. The van der Waals surface area contributed by atoms with Crippen molar-refractivity contribution in [1.82, 2.24) is 0 Å². The van der Waals surface area contributed by atoms with Crippen LogP contribution < -0.4 is 10.6 Å². The Bertz CT molecular complexity index is 722. The molecule has 0 heterocycles. The van der Waals surface area contributed by atoms with Crippen LogP contribution in [0.15, 0.2) is 53.4 Å². The molecule has 0 aromatic heterocycles. The predicted molar refractivity (Wildman–Crippen MR) is 98.3 cm³/mol. The van der Waals surface area contributed by atoms with Gasteiger partial charge in [-0.05, 0) is 56.2 Å². The lowest BCUT2D eigenvalue weighted by Crippen LogP contribution is -2.15. The zero-order valence-electron chi connectivity index (χ0n) is 13.5. The number of carbonyl (C=O) groups excluding carboxylic acids is 2. The van der Waals surface area contributed by atoms with Crippen LogP contribution in [0.25, 0.3) is 0 Å². The van der Waals surface area contributed by atoms with Crippen LogP contribution in [0, 0.1) is 12.8 Å². The second-order valence-corrected chi connectivity index (χ2v) is 7.04. The van der Waals surface area contributed by atoms with Crippen LogP contribution in [-0.2, 0) is 9.59 Å². The Kier molecular flexibility index (Phi) is 5.20. The number of nitrogens with one attached hydrogen (secondary N) is 2. The third-order valence-electron chi connectivity index (χ3n) is 3.78. The van der Waals surface area contributed by atoms with E-state index in [9.17, 15) is 9.59 Å². The number of thioether (sulfide) groups is 1. The maximum Gasteiger partial charge on any atom is 0.234 e. The smallest absolute Gasteiger partial charge is 0.234 e. The van der Waals surface area contributed by atoms with Crippen LogP contribution in [0.1, 0.15) is 18.4 Å². The fourth-order valence-electron chi connectivity index (χ4n) is 2.21. The van der Waals surface area contributed by atoms with Crippen LogP contribution in [0.4, 0.5) is 11.4 Å². The van der Waals surface area contributed by atoms with Crippen molar-refractivity contribution in [1.29, 1.82) is 0 Å². The van der Waals surface area contributed by atoms with Gasteiger partial charge in [-0.25, -0.2) is 0 Å². The van der Waals surface area contributed by atoms with Gasteiger partial charge in [0.05, 0.1) is 5.75 Å². The number of rotatable bonds is 6. The van der Waals surface area contributed by atoms with Crippen molar-refractivity contribution in [3.8, 4) is 0 Å². The molecule has 1 fully saturated rings. The van der Waals surface area contributed by atoms with E-state index in [1.807, 2.05) is 43.3 Å². The molecule has 1 aliphatic carbocycles. The summed E-state index contributed by atoms with van der Waals surface area (Å²) >= 11 is 1.51. The Morgan fingerprint density at radius 3 is 2.12 bits per heavy atom. The molecule has 0 radical (unpaired) electrons. The summed E-state index contributed by atoms with van der Waals surface area (Å²) in [5.74, 6) is 0.586. The van der Waals surface area contributed by atoms with Gasteiger partial charge in [0, 0.05) is 22.2 Å². The highest BCUT2D eigenvalue weighted by atomic mass is 32.2. The molecule has 2 aromatic carbocycles. The van der Waals surface area contributed by atoms with Crippen molar-refractivity contribution in [2.24, 2.45) is 5.92 Å². The number of carbonyl (C=O) groups is 2. The fraction of sp³-hybridized carbons (Fsp3) is 0.263. The lowest BCUT2D eigenvalue weighted by atomic mass is 10.2. The molecule has 2 aromatic rings. The van der Waals surface area contributed by atoms with Gasteiger partial charge in [0.25, 0.3) is 0 Å². The number of benzene rings is 2. The molecule has 5 heteroatoms. The van der Waals surface area contributed by atoms with Crippen molar-refractivity contribution in [2.45, 2.75) is 24.7 Å². The summed E-state index contributed by atoms with van der Waals surface area (Å²) in [5, 5.41) is 5.75. The largest absolute Gasteiger partial charge is 0.326 e. The molecular formula is C19H20N2O2S. The number of amides is 2. The number of hydrogen-bond donors (Lipinski definition) is 2. The van der Waals surface area contributed by atoms with Crippen LogP contribution >= 0.6 is 11.8 Å². The molecule has 124 valence electrons. The molecular weight excluding hydrogens is 320 g/mol. The number of aryl methyl sites for hydroxylation is 1. The Morgan fingerprint density at radius 2 is 1.54 bits per heavy atom. The highest BCUT2D eigenvalue weighted by molar-refractivity contribution is 8.00. The first-order chi connectivity index (χ1) is 11.6. The Hall–Kier alpha value is -2.27. The third kappa shape index (κ3) is 4.86. The molecule has 2 N–H and O–H groups in total. The molecule has 0 saturated heterocycles. The summed E-state index contributed by atoms with van der Waals surface area (Å²) in [7, 11) is 0. The quantitative estimate of drug-likeness (QED) is 0.779. The van der Waals surface area contributed by atoms with Crippen LogP contribution in [0.2, 0.25) is 0 Å². The topological polar surface area (TPSA) is 58.2 Å². The van der Waals surface area contributed by atoms with E-state index in [4.69, 9.17) is 0 Å². The summed E-state index contributed by atoms with van der Waals surface area (Å²) in [6.07, 6.45) is 1.97. The first-order valence-corrected chi connectivity index (χ1v) is 8.99. The van der Waals surface area contributed by atoms with Gasteiger partial charge in [-0.15, -0.1) is 11.8 Å². The zero-order valence-corrected chi connectivity index (χ0v) is 14.4. The summed E-state index contributed by atoms with van der Waals surface area (Å²) in [6.45, 7) is 2.04. The highest BCUT2D eigenvalue weighted by Gasteiger charge is 2.29.